The fraction of sp³-hybridized carbons (Fsp3) is 0.636. The van der Waals surface area contributed by atoms with E-state index in [9.17, 15) is 4.79 Å². The quantitative estimate of drug-likeness (QED) is 0.859. The van der Waals surface area contributed by atoms with Gasteiger partial charge in [0.05, 0.1) is 23.7 Å². The van der Waals surface area contributed by atoms with Crippen LogP contribution in [0.4, 0.5) is 0 Å². The van der Waals surface area contributed by atoms with Crippen LogP contribution in [0.2, 0.25) is 0 Å². The number of piperidine rings is 1. The predicted molar refractivity (Wildman–Crippen MR) is 64.2 cm³/mol. The highest BCUT2D eigenvalue weighted by Crippen LogP contribution is 2.14. The van der Waals surface area contributed by atoms with Gasteiger partial charge in [-0.1, -0.05) is 0 Å². The van der Waals surface area contributed by atoms with E-state index in [1.54, 1.807) is 21.7 Å². The minimum absolute atomic E-state index is 0.150. The van der Waals surface area contributed by atoms with Gasteiger partial charge in [0.15, 0.2) is 0 Å². The number of carbonyl (C=O) groups excluding carboxylic acids is 1. The maximum Gasteiger partial charge on any atom is 0.227 e. The lowest BCUT2D eigenvalue weighted by Gasteiger charge is -2.26. The van der Waals surface area contributed by atoms with Gasteiger partial charge in [-0.2, -0.15) is 0 Å². The maximum absolute atomic E-state index is 12.1. The first-order valence-corrected chi connectivity index (χ1v) is 6.54. The molecule has 1 aromatic rings. The van der Waals surface area contributed by atoms with Gasteiger partial charge in [0.1, 0.15) is 0 Å². The molecule has 1 fully saturated rings. The van der Waals surface area contributed by atoms with Crippen molar-refractivity contribution < 1.29 is 4.79 Å². The molecule has 5 heteroatoms. The standard InChI is InChI=1S/C11H17N3OS/c1-14(6-10-7-16-8-13-10)11(15)9-3-2-4-12-5-9/h7-9,12H,2-6H2,1H3/t9-/m0/s1. The smallest absolute Gasteiger partial charge is 0.227 e. The molecule has 2 rings (SSSR count). The van der Waals surface area contributed by atoms with Gasteiger partial charge in [-0.15, -0.1) is 11.3 Å². The van der Waals surface area contributed by atoms with E-state index in [2.05, 4.69) is 10.3 Å². The van der Waals surface area contributed by atoms with Crippen LogP contribution in [0.25, 0.3) is 0 Å². The Kier molecular flexibility index (Phi) is 3.90. The van der Waals surface area contributed by atoms with Gasteiger partial charge < -0.3 is 10.2 Å². The van der Waals surface area contributed by atoms with Crippen LogP contribution in [-0.4, -0.2) is 35.9 Å². The number of aromatic nitrogens is 1. The van der Waals surface area contributed by atoms with Crippen LogP contribution in [0, 0.1) is 5.92 Å². The lowest BCUT2D eigenvalue weighted by atomic mass is 9.98. The van der Waals surface area contributed by atoms with E-state index < -0.39 is 0 Å². The lowest BCUT2D eigenvalue weighted by molar-refractivity contribution is -0.135. The fourth-order valence-corrected chi connectivity index (χ4v) is 2.56. The Bertz CT molecular complexity index is 333. The van der Waals surface area contributed by atoms with Crippen LogP contribution in [-0.2, 0) is 11.3 Å². The molecule has 1 aliphatic heterocycles. The summed E-state index contributed by atoms with van der Waals surface area (Å²) in [6.07, 6.45) is 2.11. The summed E-state index contributed by atoms with van der Waals surface area (Å²) in [6, 6.07) is 0. The van der Waals surface area contributed by atoms with Crippen molar-refractivity contribution in [2.45, 2.75) is 19.4 Å². The van der Waals surface area contributed by atoms with Gasteiger partial charge in [-0.25, -0.2) is 4.98 Å². The maximum atomic E-state index is 12.1. The monoisotopic (exact) mass is 239 g/mol. The van der Waals surface area contributed by atoms with Crippen molar-refractivity contribution >= 4 is 17.2 Å². The number of nitrogens with one attached hydrogen (secondary N) is 1. The topological polar surface area (TPSA) is 45.2 Å². The zero-order valence-electron chi connectivity index (χ0n) is 9.48. The molecule has 4 nitrogen and oxygen atoms in total. The molecule has 1 N–H and O–H groups in total. The van der Waals surface area contributed by atoms with Gasteiger partial charge >= 0.3 is 0 Å². The SMILES string of the molecule is CN(Cc1cscn1)C(=O)[C@H]1CCCNC1. The Morgan fingerprint density at radius 3 is 3.25 bits per heavy atom. The van der Waals surface area contributed by atoms with E-state index in [-0.39, 0.29) is 11.8 Å². The van der Waals surface area contributed by atoms with Crippen molar-refractivity contribution in [3.05, 3.63) is 16.6 Å². The summed E-state index contributed by atoms with van der Waals surface area (Å²) in [5.41, 5.74) is 2.78. The number of carbonyl (C=O) groups is 1. The Balaban J connectivity index is 1.88. The highest BCUT2D eigenvalue weighted by molar-refractivity contribution is 7.07. The van der Waals surface area contributed by atoms with Gasteiger partial charge in [-0.05, 0) is 19.4 Å². The second-order valence-electron chi connectivity index (χ2n) is 4.22. The second kappa shape index (κ2) is 5.41. The normalized spacial score (nSPS) is 20.7. The van der Waals surface area contributed by atoms with Gasteiger partial charge in [-0.3, -0.25) is 4.79 Å². The Morgan fingerprint density at radius 2 is 2.62 bits per heavy atom. The molecule has 1 saturated heterocycles. The van der Waals surface area contributed by atoms with Gasteiger partial charge in [0, 0.05) is 19.0 Å². The molecule has 1 aromatic heterocycles. The zero-order chi connectivity index (χ0) is 11.4. The number of hydrogen-bond donors (Lipinski definition) is 1. The van der Waals surface area contributed by atoms with E-state index in [1.807, 2.05) is 12.4 Å². The number of thiazole rings is 1. The van der Waals surface area contributed by atoms with Crippen molar-refractivity contribution in [1.82, 2.24) is 15.2 Å². The van der Waals surface area contributed by atoms with Crippen LogP contribution in [0.5, 0.6) is 0 Å². The average molecular weight is 239 g/mol. The number of amides is 1. The molecule has 0 unspecified atom stereocenters. The molecule has 1 aliphatic rings. The molecule has 1 amide bonds. The molecule has 2 heterocycles. The Labute approximate surface area is 99.7 Å². The second-order valence-corrected chi connectivity index (χ2v) is 4.94. The molecular weight excluding hydrogens is 222 g/mol. The highest BCUT2D eigenvalue weighted by Gasteiger charge is 2.23. The molecule has 0 bridgehead atoms. The highest BCUT2D eigenvalue weighted by atomic mass is 32.1. The van der Waals surface area contributed by atoms with E-state index in [0.29, 0.717) is 6.54 Å². The van der Waals surface area contributed by atoms with E-state index >= 15 is 0 Å². The largest absolute Gasteiger partial charge is 0.340 e. The summed E-state index contributed by atoms with van der Waals surface area (Å²) in [4.78, 5) is 18.1. The zero-order valence-corrected chi connectivity index (χ0v) is 10.3. The molecule has 0 radical (unpaired) electrons. The summed E-state index contributed by atoms with van der Waals surface area (Å²) < 4.78 is 0. The molecule has 0 aromatic carbocycles. The molecule has 0 saturated carbocycles. The number of hydrogen-bond acceptors (Lipinski definition) is 4. The van der Waals surface area contributed by atoms with Crippen molar-refractivity contribution in [1.29, 1.82) is 0 Å². The van der Waals surface area contributed by atoms with E-state index in [4.69, 9.17) is 0 Å². The van der Waals surface area contributed by atoms with Crippen LogP contribution >= 0.6 is 11.3 Å². The number of rotatable bonds is 3. The minimum Gasteiger partial charge on any atom is -0.340 e. The lowest BCUT2D eigenvalue weighted by Crippen LogP contribution is -2.41. The first kappa shape index (κ1) is 11.5. The van der Waals surface area contributed by atoms with Crippen molar-refractivity contribution in [3.8, 4) is 0 Å². The summed E-state index contributed by atoms with van der Waals surface area (Å²) in [5.74, 6) is 0.387. The first-order chi connectivity index (χ1) is 7.77. The van der Waals surface area contributed by atoms with Crippen molar-refractivity contribution in [2.24, 2.45) is 5.92 Å². The van der Waals surface area contributed by atoms with Crippen LogP contribution in [0.1, 0.15) is 18.5 Å². The molecule has 0 aliphatic carbocycles. The van der Waals surface area contributed by atoms with E-state index in [1.165, 1.54) is 0 Å². The summed E-state index contributed by atoms with van der Waals surface area (Å²) in [5, 5.41) is 5.26. The third kappa shape index (κ3) is 2.80. The predicted octanol–water partition coefficient (Wildman–Crippen LogP) is 1.10. The third-order valence-electron chi connectivity index (χ3n) is 2.90. The first-order valence-electron chi connectivity index (χ1n) is 5.60. The van der Waals surface area contributed by atoms with Crippen LogP contribution in [0.15, 0.2) is 10.9 Å². The fourth-order valence-electron chi connectivity index (χ4n) is 2.01. The summed E-state index contributed by atoms with van der Waals surface area (Å²) >= 11 is 1.57. The average Bonchev–Trinajstić information content (AvgIpc) is 2.82. The van der Waals surface area contributed by atoms with Crippen molar-refractivity contribution in [2.75, 3.05) is 20.1 Å². The molecule has 88 valence electrons. The molecule has 0 spiro atoms. The molecule has 16 heavy (non-hydrogen) atoms. The molecular formula is C11H17N3OS. The van der Waals surface area contributed by atoms with Crippen molar-refractivity contribution in [3.63, 3.8) is 0 Å². The Morgan fingerprint density at radius 1 is 1.75 bits per heavy atom. The summed E-state index contributed by atoms with van der Waals surface area (Å²) in [7, 11) is 1.86. The van der Waals surface area contributed by atoms with Crippen LogP contribution < -0.4 is 5.32 Å². The number of nitrogens with zero attached hydrogens (tertiary/aromatic N) is 2. The van der Waals surface area contributed by atoms with Gasteiger partial charge in [0.2, 0.25) is 5.91 Å². The summed E-state index contributed by atoms with van der Waals surface area (Å²) in [6.45, 7) is 2.48. The van der Waals surface area contributed by atoms with Crippen LogP contribution in [0.3, 0.4) is 0 Å². The third-order valence-corrected chi connectivity index (χ3v) is 3.54. The van der Waals surface area contributed by atoms with Gasteiger partial charge in [0.25, 0.3) is 0 Å². The van der Waals surface area contributed by atoms with E-state index in [0.717, 1.165) is 31.6 Å². The molecule has 1 atom stereocenters. The minimum atomic E-state index is 0.150. The Hall–Kier alpha value is -0.940.